The van der Waals surface area contributed by atoms with Crippen LogP contribution in [-0.2, 0) is 4.79 Å². The number of hydrogen-bond donors (Lipinski definition) is 2. The van der Waals surface area contributed by atoms with Gasteiger partial charge in [-0.15, -0.1) is 0 Å². The lowest BCUT2D eigenvalue weighted by atomic mass is 9.67. The molecule has 1 aliphatic heterocycles. The molecule has 1 amide bonds. The van der Waals surface area contributed by atoms with E-state index in [0.29, 0.717) is 13.1 Å². The predicted molar refractivity (Wildman–Crippen MR) is 57.2 cm³/mol. The Kier molecular flexibility index (Phi) is 2.98. The van der Waals surface area contributed by atoms with Gasteiger partial charge in [-0.25, -0.2) is 0 Å². The highest BCUT2D eigenvalue weighted by Crippen LogP contribution is 2.41. The van der Waals surface area contributed by atoms with Crippen LogP contribution in [0.2, 0.25) is 0 Å². The van der Waals surface area contributed by atoms with Gasteiger partial charge in [0.25, 0.3) is 0 Å². The molecule has 86 valence electrons. The van der Waals surface area contributed by atoms with Crippen molar-refractivity contribution in [2.24, 2.45) is 11.1 Å². The number of piperidine rings is 1. The van der Waals surface area contributed by atoms with Gasteiger partial charge in [-0.2, -0.15) is 0 Å². The van der Waals surface area contributed by atoms with Crippen LogP contribution in [0.4, 0.5) is 0 Å². The molecule has 1 atom stereocenters. The molecule has 0 bridgehead atoms. The Morgan fingerprint density at radius 1 is 1.47 bits per heavy atom. The molecule has 2 rings (SSSR count). The second kappa shape index (κ2) is 4.10. The van der Waals surface area contributed by atoms with Crippen LogP contribution < -0.4 is 5.73 Å². The maximum Gasteiger partial charge on any atom is 0.230 e. The van der Waals surface area contributed by atoms with Crippen LogP contribution in [0, 0.1) is 5.41 Å². The number of nitrogens with two attached hydrogens (primary N) is 1. The fourth-order valence-corrected chi connectivity index (χ4v) is 2.58. The summed E-state index contributed by atoms with van der Waals surface area (Å²) in [4.78, 5) is 14.0. The second-order valence-electron chi connectivity index (χ2n) is 4.89. The molecule has 4 heteroatoms. The Labute approximate surface area is 90.4 Å². The Morgan fingerprint density at radius 3 is 2.67 bits per heavy atom. The van der Waals surface area contributed by atoms with Gasteiger partial charge in [0.1, 0.15) is 0 Å². The van der Waals surface area contributed by atoms with Crippen LogP contribution in [0.1, 0.15) is 32.1 Å². The van der Waals surface area contributed by atoms with Crippen LogP contribution in [-0.4, -0.2) is 41.7 Å². The van der Waals surface area contributed by atoms with E-state index in [4.69, 9.17) is 5.73 Å². The third-order valence-electron chi connectivity index (χ3n) is 3.84. The second-order valence-corrected chi connectivity index (χ2v) is 4.89. The molecular weight excluding hydrogens is 192 g/mol. The van der Waals surface area contributed by atoms with Crippen molar-refractivity contribution in [2.75, 3.05) is 19.6 Å². The van der Waals surface area contributed by atoms with Crippen molar-refractivity contribution in [2.45, 2.75) is 38.2 Å². The van der Waals surface area contributed by atoms with Gasteiger partial charge < -0.3 is 15.7 Å². The van der Waals surface area contributed by atoms with Crippen LogP contribution in [0.3, 0.4) is 0 Å². The van der Waals surface area contributed by atoms with E-state index in [0.717, 1.165) is 38.6 Å². The smallest absolute Gasteiger partial charge is 0.230 e. The van der Waals surface area contributed by atoms with E-state index in [2.05, 4.69) is 0 Å². The van der Waals surface area contributed by atoms with Gasteiger partial charge in [-0.3, -0.25) is 4.79 Å². The number of likely N-dealkylation sites (tertiary alicyclic amines) is 1. The highest BCUT2D eigenvalue weighted by molar-refractivity contribution is 5.84. The number of aliphatic hydroxyl groups is 1. The number of aliphatic hydroxyl groups excluding tert-OH is 1. The number of hydrogen-bond acceptors (Lipinski definition) is 3. The van der Waals surface area contributed by atoms with E-state index in [1.54, 1.807) is 4.90 Å². The highest BCUT2D eigenvalue weighted by Gasteiger charge is 2.45. The molecule has 2 fully saturated rings. The van der Waals surface area contributed by atoms with Gasteiger partial charge in [0.05, 0.1) is 11.5 Å². The monoisotopic (exact) mass is 212 g/mol. The van der Waals surface area contributed by atoms with Gasteiger partial charge in [0, 0.05) is 19.6 Å². The molecule has 0 aromatic carbocycles. The summed E-state index contributed by atoms with van der Waals surface area (Å²) in [6.45, 7) is 1.75. The van der Waals surface area contributed by atoms with Crippen LogP contribution >= 0.6 is 0 Å². The lowest BCUT2D eigenvalue weighted by molar-refractivity contribution is -0.149. The zero-order valence-electron chi connectivity index (χ0n) is 9.11. The first-order chi connectivity index (χ1) is 7.18. The number of carbonyl (C=O) groups is 1. The van der Waals surface area contributed by atoms with Gasteiger partial charge in [-0.1, -0.05) is 6.42 Å². The van der Waals surface area contributed by atoms with Gasteiger partial charge in [0.2, 0.25) is 5.91 Å². The maximum atomic E-state index is 12.2. The Morgan fingerprint density at radius 2 is 2.20 bits per heavy atom. The standard InChI is InChI=1S/C11H20N2O2/c12-8-11(4-2-5-11)10(15)13-6-1-3-9(14)7-13/h9,14H,1-8,12H2. The summed E-state index contributed by atoms with van der Waals surface area (Å²) < 4.78 is 0. The normalized spacial score (nSPS) is 29.7. The van der Waals surface area contributed by atoms with Crippen LogP contribution in [0.15, 0.2) is 0 Å². The number of β-amino-alcohol motifs (C(OH)–C–C–N with tert-alkyl or cyclic N) is 1. The summed E-state index contributed by atoms with van der Waals surface area (Å²) in [5.41, 5.74) is 5.42. The number of carbonyl (C=O) groups excluding carboxylic acids is 1. The van der Waals surface area contributed by atoms with Crippen molar-refractivity contribution in [1.29, 1.82) is 0 Å². The zero-order chi connectivity index (χ0) is 10.9. The lowest BCUT2D eigenvalue weighted by Crippen LogP contribution is -2.54. The first-order valence-electron chi connectivity index (χ1n) is 5.85. The Bertz CT molecular complexity index is 245. The SMILES string of the molecule is NCC1(C(=O)N2CCCC(O)C2)CCC1. The summed E-state index contributed by atoms with van der Waals surface area (Å²) >= 11 is 0. The first kappa shape index (κ1) is 10.9. The molecule has 15 heavy (non-hydrogen) atoms. The zero-order valence-corrected chi connectivity index (χ0v) is 9.11. The average molecular weight is 212 g/mol. The summed E-state index contributed by atoms with van der Waals surface area (Å²) in [5.74, 6) is 0.176. The summed E-state index contributed by atoms with van der Waals surface area (Å²) in [6, 6.07) is 0. The van der Waals surface area contributed by atoms with Gasteiger partial charge in [0.15, 0.2) is 0 Å². The molecule has 1 aliphatic carbocycles. The van der Waals surface area contributed by atoms with E-state index in [1.165, 1.54) is 0 Å². The Hall–Kier alpha value is -0.610. The molecule has 0 spiro atoms. The van der Waals surface area contributed by atoms with Crippen molar-refractivity contribution in [1.82, 2.24) is 4.90 Å². The number of nitrogens with zero attached hydrogens (tertiary/aromatic N) is 1. The molecule has 4 nitrogen and oxygen atoms in total. The summed E-state index contributed by atoms with van der Waals surface area (Å²) in [6.07, 6.45) is 4.36. The van der Waals surface area contributed by atoms with Crippen LogP contribution in [0.25, 0.3) is 0 Å². The minimum absolute atomic E-state index is 0.176. The minimum atomic E-state index is -0.336. The quantitative estimate of drug-likeness (QED) is 0.682. The topological polar surface area (TPSA) is 66.6 Å². The van der Waals surface area contributed by atoms with E-state index >= 15 is 0 Å². The largest absolute Gasteiger partial charge is 0.391 e. The third-order valence-corrected chi connectivity index (χ3v) is 3.84. The van der Waals surface area contributed by atoms with Crippen molar-refractivity contribution in [3.63, 3.8) is 0 Å². The van der Waals surface area contributed by atoms with Gasteiger partial charge >= 0.3 is 0 Å². The predicted octanol–water partition coefficient (Wildman–Crippen LogP) is 0.0987. The third kappa shape index (κ3) is 1.88. The molecule has 1 heterocycles. The molecule has 2 aliphatic rings. The number of rotatable bonds is 2. The molecule has 0 radical (unpaired) electrons. The molecule has 0 aromatic rings. The maximum absolute atomic E-state index is 12.2. The van der Waals surface area contributed by atoms with E-state index < -0.39 is 0 Å². The molecule has 3 N–H and O–H groups in total. The molecule has 0 aromatic heterocycles. The number of amides is 1. The van der Waals surface area contributed by atoms with Gasteiger partial charge in [-0.05, 0) is 25.7 Å². The minimum Gasteiger partial charge on any atom is -0.391 e. The molecule has 1 saturated carbocycles. The Balaban J connectivity index is 2.00. The van der Waals surface area contributed by atoms with E-state index in [1.807, 2.05) is 0 Å². The molecule has 1 unspecified atom stereocenters. The highest BCUT2D eigenvalue weighted by atomic mass is 16.3. The van der Waals surface area contributed by atoms with E-state index in [9.17, 15) is 9.90 Å². The summed E-state index contributed by atoms with van der Waals surface area (Å²) in [5, 5.41) is 9.53. The van der Waals surface area contributed by atoms with Crippen LogP contribution in [0.5, 0.6) is 0 Å². The van der Waals surface area contributed by atoms with E-state index in [-0.39, 0.29) is 17.4 Å². The lowest BCUT2D eigenvalue weighted by Gasteiger charge is -2.44. The molecule has 1 saturated heterocycles. The average Bonchev–Trinajstić information content (AvgIpc) is 2.17. The van der Waals surface area contributed by atoms with Crippen molar-refractivity contribution >= 4 is 5.91 Å². The van der Waals surface area contributed by atoms with Crippen molar-refractivity contribution < 1.29 is 9.90 Å². The fourth-order valence-electron chi connectivity index (χ4n) is 2.58. The van der Waals surface area contributed by atoms with Crippen molar-refractivity contribution in [3.05, 3.63) is 0 Å². The summed E-state index contributed by atoms with van der Waals surface area (Å²) in [7, 11) is 0. The van der Waals surface area contributed by atoms with Crippen molar-refractivity contribution in [3.8, 4) is 0 Å². The fraction of sp³-hybridized carbons (Fsp3) is 0.909. The first-order valence-corrected chi connectivity index (χ1v) is 5.85. The molecular formula is C11H20N2O2.